The van der Waals surface area contributed by atoms with Crippen LogP contribution < -0.4 is 14.9 Å². The van der Waals surface area contributed by atoms with E-state index >= 15 is 0 Å². The van der Waals surface area contributed by atoms with Crippen LogP contribution in [-0.2, 0) is 0 Å². The van der Waals surface area contributed by atoms with Gasteiger partial charge in [0, 0.05) is 11.6 Å². The number of aromatic hydroxyl groups is 2. The minimum atomic E-state index is -0.611. The first-order valence-electron chi connectivity index (χ1n) is 6.63. The largest absolute Gasteiger partial charge is 0.508 e. The van der Waals surface area contributed by atoms with Crippen LogP contribution in [-0.4, -0.2) is 36.6 Å². The highest BCUT2D eigenvalue weighted by Crippen LogP contribution is 2.29. The third-order valence-electron chi connectivity index (χ3n) is 3.03. The van der Waals surface area contributed by atoms with Crippen molar-refractivity contribution in [2.45, 2.75) is 0 Å². The first-order chi connectivity index (χ1) is 11.1. The Balaban J connectivity index is 2.14. The van der Waals surface area contributed by atoms with Crippen molar-refractivity contribution in [2.24, 2.45) is 5.10 Å². The highest BCUT2D eigenvalue weighted by Gasteiger charge is 2.11. The topological polar surface area (TPSA) is 100 Å². The van der Waals surface area contributed by atoms with Gasteiger partial charge in [0.1, 0.15) is 11.5 Å². The van der Waals surface area contributed by atoms with E-state index in [1.807, 2.05) is 0 Å². The quantitative estimate of drug-likeness (QED) is 0.577. The fourth-order valence-electron chi connectivity index (χ4n) is 1.95. The highest BCUT2D eigenvalue weighted by molar-refractivity contribution is 5.97. The number of phenolic OH excluding ortho intramolecular Hbond substituents is 2. The molecular formula is C16H16N2O5. The second-order valence-electron chi connectivity index (χ2n) is 4.48. The Bertz CT molecular complexity index is 743. The van der Waals surface area contributed by atoms with Gasteiger partial charge < -0.3 is 19.7 Å². The number of nitrogens with zero attached hydrogens (tertiary/aromatic N) is 1. The summed E-state index contributed by atoms with van der Waals surface area (Å²) in [4.78, 5) is 11.9. The summed E-state index contributed by atoms with van der Waals surface area (Å²) in [5.41, 5.74) is 2.90. The maximum Gasteiger partial charge on any atom is 0.275 e. The number of benzene rings is 2. The lowest BCUT2D eigenvalue weighted by Crippen LogP contribution is -2.17. The molecule has 7 nitrogen and oxygen atoms in total. The molecule has 0 radical (unpaired) electrons. The standard InChI is InChI=1S/C16H16N2O5/c1-22-14-5-3-4-10(15(14)23-2)9-17-18-16(21)12-7-6-11(19)8-13(12)20/h3-9,19-20H,1-2H3,(H,18,21)/b17-9-. The van der Waals surface area contributed by atoms with Crippen LogP contribution >= 0.6 is 0 Å². The summed E-state index contributed by atoms with van der Waals surface area (Å²) in [6.07, 6.45) is 1.40. The zero-order chi connectivity index (χ0) is 16.8. The van der Waals surface area contributed by atoms with Crippen molar-refractivity contribution in [2.75, 3.05) is 14.2 Å². The number of nitrogens with one attached hydrogen (secondary N) is 1. The van der Waals surface area contributed by atoms with E-state index in [1.54, 1.807) is 18.2 Å². The summed E-state index contributed by atoms with van der Waals surface area (Å²) in [6.45, 7) is 0. The second kappa shape index (κ2) is 7.17. The van der Waals surface area contributed by atoms with E-state index in [4.69, 9.17) is 9.47 Å². The minimum absolute atomic E-state index is 0.00226. The van der Waals surface area contributed by atoms with Crippen LogP contribution in [0.15, 0.2) is 41.5 Å². The van der Waals surface area contributed by atoms with Gasteiger partial charge in [0.05, 0.1) is 26.0 Å². The van der Waals surface area contributed by atoms with Crippen LogP contribution in [0.3, 0.4) is 0 Å². The van der Waals surface area contributed by atoms with E-state index in [0.717, 1.165) is 6.07 Å². The van der Waals surface area contributed by atoms with Crippen molar-refractivity contribution in [3.8, 4) is 23.0 Å². The van der Waals surface area contributed by atoms with Crippen molar-refractivity contribution < 1.29 is 24.5 Å². The van der Waals surface area contributed by atoms with Gasteiger partial charge >= 0.3 is 0 Å². The molecule has 0 aliphatic carbocycles. The maximum atomic E-state index is 11.9. The van der Waals surface area contributed by atoms with Crippen LogP contribution in [0.1, 0.15) is 15.9 Å². The second-order valence-corrected chi connectivity index (χ2v) is 4.48. The molecule has 0 saturated heterocycles. The number of ether oxygens (including phenoxy) is 2. The number of hydrogen-bond donors (Lipinski definition) is 3. The molecule has 2 aromatic rings. The minimum Gasteiger partial charge on any atom is -0.508 e. The molecule has 7 heteroatoms. The summed E-state index contributed by atoms with van der Waals surface area (Å²) in [7, 11) is 3.02. The Morgan fingerprint density at radius 3 is 2.61 bits per heavy atom. The number of phenols is 2. The third-order valence-corrected chi connectivity index (χ3v) is 3.03. The van der Waals surface area contributed by atoms with Crippen LogP contribution in [0.5, 0.6) is 23.0 Å². The first kappa shape index (κ1) is 16.2. The van der Waals surface area contributed by atoms with Gasteiger partial charge in [-0.2, -0.15) is 5.10 Å². The van der Waals surface area contributed by atoms with Gasteiger partial charge in [0.15, 0.2) is 11.5 Å². The molecule has 0 aliphatic rings. The van der Waals surface area contributed by atoms with Crippen molar-refractivity contribution in [1.82, 2.24) is 5.43 Å². The third kappa shape index (κ3) is 3.70. The summed E-state index contributed by atoms with van der Waals surface area (Å²) < 4.78 is 10.4. The average Bonchev–Trinajstić information content (AvgIpc) is 2.54. The smallest absolute Gasteiger partial charge is 0.275 e. The molecule has 0 saturated carbocycles. The number of para-hydroxylation sites is 1. The Labute approximate surface area is 132 Å². The zero-order valence-electron chi connectivity index (χ0n) is 12.6. The van der Waals surface area contributed by atoms with Crippen molar-refractivity contribution in [1.29, 1.82) is 0 Å². The van der Waals surface area contributed by atoms with Crippen molar-refractivity contribution in [3.63, 3.8) is 0 Å². The highest BCUT2D eigenvalue weighted by atomic mass is 16.5. The van der Waals surface area contributed by atoms with E-state index in [1.165, 1.54) is 32.6 Å². The fraction of sp³-hybridized carbons (Fsp3) is 0.125. The van der Waals surface area contributed by atoms with Gasteiger partial charge in [0.25, 0.3) is 5.91 Å². The lowest BCUT2D eigenvalue weighted by atomic mass is 10.2. The summed E-state index contributed by atoms with van der Waals surface area (Å²) in [6, 6.07) is 8.91. The number of amides is 1. The average molecular weight is 316 g/mol. The number of hydrazone groups is 1. The number of carbonyl (C=O) groups excluding carboxylic acids is 1. The number of carbonyl (C=O) groups is 1. The predicted octanol–water partition coefficient (Wildman–Crippen LogP) is 1.88. The SMILES string of the molecule is COc1cccc(/C=N\NC(=O)c2ccc(O)cc2O)c1OC. The molecule has 0 bridgehead atoms. The molecule has 0 fully saturated rings. The van der Waals surface area contributed by atoms with Gasteiger partial charge in [-0.15, -0.1) is 0 Å². The first-order valence-corrected chi connectivity index (χ1v) is 6.63. The molecule has 2 aromatic carbocycles. The van der Waals surface area contributed by atoms with Crippen LogP contribution in [0, 0.1) is 0 Å². The Morgan fingerprint density at radius 1 is 1.17 bits per heavy atom. The Kier molecular flexibility index (Phi) is 5.03. The zero-order valence-corrected chi connectivity index (χ0v) is 12.6. The van der Waals surface area contributed by atoms with Crippen molar-refractivity contribution >= 4 is 12.1 Å². The molecule has 3 N–H and O–H groups in total. The van der Waals surface area contributed by atoms with E-state index in [9.17, 15) is 15.0 Å². The molecule has 2 rings (SSSR count). The molecular weight excluding hydrogens is 300 g/mol. The Morgan fingerprint density at radius 2 is 1.96 bits per heavy atom. The monoisotopic (exact) mass is 316 g/mol. The molecule has 0 atom stereocenters. The van der Waals surface area contributed by atoms with E-state index in [2.05, 4.69) is 10.5 Å². The molecule has 0 aromatic heterocycles. The van der Waals surface area contributed by atoms with Crippen LogP contribution in [0.25, 0.3) is 0 Å². The lowest BCUT2D eigenvalue weighted by Gasteiger charge is -2.09. The molecule has 1 amide bonds. The van der Waals surface area contributed by atoms with Gasteiger partial charge in [-0.05, 0) is 24.3 Å². The normalized spacial score (nSPS) is 10.5. The molecule has 23 heavy (non-hydrogen) atoms. The number of hydrogen-bond acceptors (Lipinski definition) is 6. The summed E-state index contributed by atoms with van der Waals surface area (Å²) in [5, 5.41) is 22.7. The maximum absolute atomic E-state index is 11.9. The summed E-state index contributed by atoms with van der Waals surface area (Å²) >= 11 is 0. The molecule has 0 aliphatic heterocycles. The van der Waals surface area contributed by atoms with Gasteiger partial charge in [-0.3, -0.25) is 4.79 Å². The van der Waals surface area contributed by atoms with Gasteiger partial charge in [0.2, 0.25) is 0 Å². The molecule has 0 unspecified atom stereocenters. The van der Waals surface area contributed by atoms with Crippen molar-refractivity contribution in [3.05, 3.63) is 47.5 Å². The molecule has 0 spiro atoms. The van der Waals surface area contributed by atoms with E-state index in [-0.39, 0.29) is 17.1 Å². The number of methoxy groups -OCH3 is 2. The Hall–Kier alpha value is -3.22. The van der Waals surface area contributed by atoms with E-state index < -0.39 is 5.91 Å². The van der Waals surface area contributed by atoms with E-state index in [0.29, 0.717) is 17.1 Å². The number of rotatable bonds is 5. The molecule has 120 valence electrons. The predicted molar refractivity (Wildman–Crippen MR) is 84.4 cm³/mol. The molecule has 0 heterocycles. The lowest BCUT2D eigenvalue weighted by molar-refractivity contribution is 0.0952. The van der Waals surface area contributed by atoms with Gasteiger partial charge in [-0.1, -0.05) is 6.07 Å². The van der Waals surface area contributed by atoms with Crippen LogP contribution in [0.4, 0.5) is 0 Å². The summed E-state index contributed by atoms with van der Waals surface area (Å²) in [5.74, 6) is -0.0552. The van der Waals surface area contributed by atoms with Crippen LogP contribution in [0.2, 0.25) is 0 Å². The van der Waals surface area contributed by atoms with Gasteiger partial charge in [-0.25, -0.2) is 5.43 Å². The fourth-order valence-corrected chi connectivity index (χ4v) is 1.95.